The summed E-state index contributed by atoms with van der Waals surface area (Å²) >= 11 is 6.03. The molecular weight excluding hydrogens is 276 g/mol. The van der Waals surface area contributed by atoms with Gasteiger partial charge in [-0.25, -0.2) is 4.79 Å². The summed E-state index contributed by atoms with van der Waals surface area (Å²) in [6.07, 6.45) is 0. The number of aromatic nitrogens is 2. The van der Waals surface area contributed by atoms with Crippen LogP contribution in [0.3, 0.4) is 0 Å². The molecule has 0 fully saturated rings. The van der Waals surface area contributed by atoms with E-state index in [0.717, 1.165) is 0 Å². The molecule has 3 rings (SSSR count). The minimum atomic E-state index is -0.470. The van der Waals surface area contributed by atoms with E-state index in [0.29, 0.717) is 27.3 Å². The Morgan fingerprint density at radius 1 is 1.10 bits per heavy atom. The molecule has 1 heterocycles. The van der Waals surface area contributed by atoms with Crippen molar-refractivity contribution < 1.29 is 0 Å². The molecule has 0 saturated heterocycles. The lowest BCUT2D eigenvalue weighted by atomic mass is 10.2. The molecule has 1 aromatic heterocycles. The van der Waals surface area contributed by atoms with Gasteiger partial charge < -0.3 is 11.5 Å². The lowest BCUT2D eigenvalue weighted by Gasteiger charge is -2.12. The largest absolute Gasteiger partial charge is 0.398 e. The molecule has 4 N–H and O–H groups in total. The first-order valence-electron chi connectivity index (χ1n) is 5.90. The van der Waals surface area contributed by atoms with Gasteiger partial charge in [-0.05, 0) is 24.3 Å². The van der Waals surface area contributed by atoms with Crippen LogP contribution in [0.2, 0.25) is 5.02 Å². The maximum Gasteiger partial charge on any atom is 0.354 e. The molecule has 5 nitrogen and oxygen atoms in total. The van der Waals surface area contributed by atoms with Gasteiger partial charge in [-0.15, -0.1) is 0 Å². The molecule has 0 radical (unpaired) electrons. The van der Waals surface area contributed by atoms with E-state index in [2.05, 4.69) is 4.98 Å². The summed E-state index contributed by atoms with van der Waals surface area (Å²) in [5, 5.41) is 0.961. The summed E-state index contributed by atoms with van der Waals surface area (Å²) in [5.41, 5.74) is 12.9. The van der Waals surface area contributed by atoms with Crippen LogP contribution in [0.4, 0.5) is 11.5 Å². The SMILES string of the molecule is Nc1cc(Cl)cc2c1c(N)nc(=O)n2-c1ccccc1. The van der Waals surface area contributed by atoms with E-state index < -0.39 is 5.69 Å². The zero-order valence-corrected chi connectivity index (χ0v) is 11.1. The quantitative estimate of drug-likeness (QED) is 0.671. The number of hydrogen-bond donors (Lipinski definition) is 2. The van der Waals surface area contributed by atoms with Gasteiger partial charge in [0.2, 0.25) is 0 Å². The molecule has 0 spiro atoms. The second-order valence-corrected chi connectivity index (χ2v) is 4.78. The molecule has 100 valence electrons. The Morgan fingerprint density at radius 3 is 2.50 bits per heavy atom. The molecule has 0 atom stereocenters. The number of hydrogen-bond acceptors (Lipinski definition) is 4. The van der Waals surface area contributed by atoms with Gasteiger partial charge in [-0.1, -0.05) is 29.8 Å². The Labute approximate surface area is 119 Å². The van der Waals surface area contributed by atoms with Crippen LogP contribution in [-0.4, -0.2) is 9.55 Å². The van der Waals surface area contributed by atoms with Crippen LogP contribution in [0.5, 0.6) is 0 Å². The lowest BCUT2D eigenvalue weighted by molar-refractivity contribution is 0.965. The van der Waals surface area contributed by atoms with Gasteiger partial charge in [0.1, 0.15) is 5.82 Å². The standard InChI is InChI=1S/C14H11ClN4O/c15-8-6-10(16)12-11(7-8)19(14(20)18-13(12)17)9-4-2-1-3-5-9/h1-7H,16H2,(H2,17,18,20). The van der Waals surface area contributed by atoms with Crippen molar-refractivity contribution in [3.63, 3.8) is 0 Å². The fourth-order valence-corrected chi connectivity index (χ4v) is 2.43. The number of benzene rings is 2. The lowest BCUT2D eigenvalue weighted by Crippen LogP contribution is -2.23. The molecule has 0 amide bonds. The summed E-state index contributed by atoms with van der Waals surface area (Å²) in [6.45, 7) is 0. The number of rotatable bonds is 1. The zero-order chi connectivity index (χ0) is 14.3. The molecule has 0 saturated carbocycles. The van der Waals surface area contributed by atoms with Crippen LogP contribution in [0.15, 0.2) is 47.3 Å². The first-order chi connectivity index (χ1) is 9.58. The van der Waals surface area contributed by atoms with Gasteiger partial charge in [0.25, 0.3) is 0 Å². The van der Waals surface area contributed by atoms with Crippen LogP contribution < -0.4 is 17.2 Å². The fourth-order valence-electron chi connectivity index (χ4n) is 2.21. The third kappa shape index (κ3) is 1.88. The van der Waals surface area contributed by atoms with Gasteiger partial charge in [0.15, 0.2) is 0 Å². The van der Waals surface area contributed by atoms with Crippen molar-refractivity contribution in [1.82, 2.24) is 9.55 Å². The number of nitrogens with zero attached hydrogens (tertiary/aromatic N) is 2. The van der Waals surface area contributed by atoms with Crippen molar-refractivity contribution in [3.05, 3.63) is 58.0 Å². The molecule has 2 aromatic carbocycles. The predicted octanol–water partition coefficient (Wildman–Crippen LogP) is 2.20. The van der Waals surface area contributed by atoms with E-state index in [-0.39, 0.29) is 5.82 Å². The summed E-state index contributed by atoms with van der Waals surface area (Å²) < 4.78 is 1.44. The van der Waals surface area contributed by atoms with Crippen molar-refractivity contribution in [2.24, 2.45) is 0 Å². The average Bonchev–Trinajstić information content (AvgIpc) is 2.38. The second-order valence-electron chi connectivity index (χ2n) is 4.34. The Morgan fingerprint density at radius 2 is 1.80 bits per heavy atom. The Bertz CT molecular complexity index is 858. The molecule has 0 unspecified atom stereocenters. The minimum Gasteiger partial charge on any atom is -0.398 e. The Hall–Kier alpha value is -2.53. The van der Waals surface area contributed by atoms with E-state index in [4.69, 9.17) is 23.1 Å². The monoisotopic (exact) mass is 286 g/mol. The van der Waals surface area contributed by atoms with E-state index in [1.54, 1.807) is 24.3 Å². The third-order valence-electron chi connectivity index (χ3n) is 3.03. The van der Waals surface area contributed by atoms with Crippen LogP contribution in [0, 0.1) is 0 Å². The first kappa shape index (κ1) is 12.5. The molecule has 0 aliphatic heterocycles. The topological polar surface area (TPSA) is 86.9 Å². The van der Waals surface area contributed by atoms with E-state index in [1.165, 1.54) is 4.57 Å². The average molecular weight is 287 g/mol. The highest BCUT2D eigenvalue weighted by Gasteiger charge is 2.13. The van der Waals surface area contributed by atoms with E-state index >= 15 is 0 Å². The molecular formula is C14H11ClN4O. The summed E-state index contributed by atoms with van der Waals surface area (Å²) in [7, 11) is 0. The fraction of sp³-hybridized carbons (Fsp3) is 0. The number of nitrogen functional groups attached to an aromatic ring is 2. The summed E-state index contributed by atoms with van der Waals surface area (Å²) in [4.78, 5) is 16.0. The number of fused-ring (bicyclic) bond motifs is 1. The van der Waals surface area contributed by atoms with Crippen molar-refractivity contribution in [2.45, 2.75) is 0 Å². The predicted molar refractivity (Wildman–Crippen MR) is 81.2 cm³/mol. The molecule has 3 aromatic rings. The maximum atomic E-state index is 12.2. The summed E-state index contributed by atoms with van der Waals surface area (Å²) in [6, 6.07) is 12.4. The zero-order valence-electron chi connectivity index (χ0n) is 10.4. The maximum absolute atomic E-state index is 12.2. The van der Waals surface area contributed by atoms with Crippen LogP contribution in [-0.2, 0) is 0 Å². The van der Waals surface area contributed by atoms with Crippen molar-refractivity contribution in [1.29, 1.82) is 0 Å². The smallest absolute Gasteiger partial charge is 0.354 e. The highest BCUT2D eigenvalue weighted by atomic mass is 35.5. The normalized spacial score (nSPS) is 10.8. The van der Waals surface area contributed by atoms with Crippen molar-refractivity contribution in [3.8, 4) is 5.69 Å². The van der Waals surface area contributed by atoms with E-state index in [9.17, 15) is 4.79 Å². The number of halogens is 1. The van der Waals surface area contributed by atoms with Gasteiger partial charge in [0.05, 0.1) is 16.6 Å². The van der Waals surface area contributed by atoms with E-state index in [1.807, 2.05) is 18.2 Å². The van der Waals surface area contributed by atoms with Crippen LogP contribution in [0.25, 0.3) is 16.6 Å². The van der Waals surface area contributed by atoms with Gasteiger partial charge in [-0.2, -0.15) is 4.98 Å². The number of para-hydroxylation sites is 1. The van der Waals surface area contributed by atoms with Crippen LogP contribution in [0.1, 0.15) is 0 Å². The highest BCUT2D eigenvalue weighted by molar-refractivity contribution is 6.32. The molecule has 0 bridgehead atoms. The van der Waals surface area contributed by atoms with Crippen molar-refractivity contribution in [2.75, 3.05) is 11.5 Å². The summed E-state index contributed by atoms with van der Waals surface area (Å²) in [5.74, 6) is 0.103. The third-order valence-corrected chi connectivity index (χ3v) is 3.25. The molecule has 0 aliphatic carbocycles. The molecule has 0 aliphatic rings. The molecule has 20 heavy (non-hydrogen) atoms. The van der Waals surface area contributed by atoms with Crippen molar-refractivity contribution >= 4 is 34.0 Å². The highest BCUT2D eigenvalue weighted by Crippen LogP contribution is 2.29. The number of nitrogens with two attached hydrogens (primary N) is 2. The number of anilines is 2. The Balaban J connectivity index is 2.52. The minimum absolute atomic E-state index is 0.103. The van der Waals surface area contributed by atoms with Crippen LogP contribution >= 0.6 is 11.6 Å². The van der Waals surface area contributed by atoms with Gasteiger partial charge in [0, 0.05) is 10.7 Å². The Kier molecular flexibility index (Phi) is 2.84. The second kappa shape index (κ2) is 4.54. The first-order valence-corrected chi connectivity index (χ1v) is 6.28. The van der Waals surface area contributed by atoms with Gasteiger partial charge >= 0.3 is 5.69 Å². The molecule has 6 heteroatoms. The van der Waals surface area contributed by atoms with Gasteiger partial charge in [-0.3, -0.25) is 4.57 Å².